The Morgan fingerprint density at radius 1 is 1.38 bits per heavy atom. The molecule has 1 amide bonds. The van der Waals surface area contributed by atoms with Gasteiger partial charge in [0.05, 0.1) is 21.2 Å². The molecule has 1 aromatic carbocycles. The van der Waals surface area contributed by atoms with E-state index in [1.165, 1.54) is 35.0 Å². The van der Waals surface area contributed by atoms with Crippen LogP contribution in [0, 0.1) is 22.9 Å². The number of hydrogen-bond donors (Lipinski definition) is 1. The van der Waals surface area contributed by atoms with Gasteiger partial charge in [0.15, 0.2) is 5.82 Å². The number of nitrogens with one attached hydrogen (secondary N) is 1. The third-order valence-electron chi connectivity index (χ3n) is 3.06. The smallest absolute Gasteiger partial charge is 0.319 e. The second kappa shape index (κ2) is 6.12. The molecule has 0 aliphatic rings. The Morgan fingerprint density at radius 2 is 2.17 bits per heavy atom. The molecule has 2 heterocycles. The first-order valence-electron chi connectivity index (χ1n) is 6.56. The summed E-state index contributed by atoms with van der Waals surface area (Å²) < 4.78 is 15.3. The Balaban J connectivity index is 1.87. The molecule has 1 N–H and O–H groups in total. The number of amides is 1. The fourth-order valence-corrected chi connectivity index (χ4v) is 2.66. The van der Waals surface area contributed by atoms with Gasteiger partial charge in [-0.25, -0.2) is 4.39 Å². The zero-order valence-electron chi connectivity index (χ0n) is 12.1. The molecule has 122 valence electrons. The molecule has 11 heteroatoms. The van der Waals surface area contributed by atoms with Gasteiger partial charge in [-0.3, -0.25) is 14.9 Å². The Bertz CT molecular complexity index is 937. The van der Waals surface area contributed by atoms with E-state index in [4.69, 9.17) is 0 Å². The summed E-state index contributed by atoms with van der Waals surface area (Å²) in [6.45, 7) is 1.67. The molecular formula is C13H9FN6O3S. The molecule has 0 aliphatic carbocycles. The summed E-state index contributed by atoms with van der Waals surface area (Å²) >= 11 is 0.707. The van der Waals surface area contributed by atoms with Crippen LogP contribution in [0.15, 0.2) is 30.3 Å². The maximum atomic E-state index is 13.9. The average molecular weight is 348 g/mol. The van der Waals surface area contributed by atoms with Crippen LogP contribution < -0.4 is 5.32 Å². The van der Waals surface area contributed by atoms with E-state index in [0.29, 0.717) is 22.8 Å². The number of tetrazole rings is 1. The number of aromatic nitrogens is 4. The maximum Gasteiger partial charge on any atom is 0.324 e. The highest BCUT2D eigenvalue weighted by Crippen LogP contribution is 2.26. The van der Waals surface area contributed by atoms with Crippen LogP contribution in [0.1, 0.15) is 15.5 Å². The van der Waals surface area contributed by atoms with Crippen molar-refractivity contribution in [3.05, 3.63) is 57.0 Å². The second-order valence-electron chi connectivity index (χ2n) is 4.65. The molecule has 24 heavy (non-hydrogen) atoms. The van der Waals surface area contributed by atoms with E-state index in [-0.39, 0.29) is 15.6 Å². The molecule has 0 saturated heterocycles. The molecule has 0 fully saturated rings. The Kier molecular flexibility index (Phi) is 4.00. The molecule has 3 rings (SSSR count). The van der Waals surface area contributed by atoms with E-state index in [9.17, 15) is 19.3 Å². The number of halogens is 1. The van der Waals surface area contributed by atoms with Crippen LogP contribution in [0.2, 0.25) is 0 Å². The SMILES string of the molecule is Cc1nnnn1-c1ccc(F)c(NC(=O)c2ccc([N+](=O)[O-])s2)c1. The van der Waals surface area contributed by atoms with Crippen molar-refractivity contribution in [1.29, 1.82) is 0 Å². The van der Waals surface area contributed by atoms with Crippen molar-refractivity contribution >= 4 is 27.9 Å². The van der Waals surface area contributed by atoms with Crippen LogP contribution in [0.4, 0.5) is 15.1 Å². The summed E-state index contributed by atoms with van der Waals surface area (Å²) in [6.07, 6.45) is 0. The summed E-state index contributed by atoms with van der Waals surface area (Å²) in [4.78, 5) is 22.3. The van der Waals surface area contributed by atoms with Crippen molar-refractivity contribution in [3.8, 4) is 5.69 Å². The van der Waals surface area contributed by atoms with E-state index in [1.807, 2.05) is 0 Å². The number of thiophene rings is 1. The standard InChI is InChI=1S/C13H9FN6O3S/c1-7-16-17-18-19(7)8-2-3-9(14)10(6-8)15-13(21)11-4-5-12(24-11)20(22)23/h2-6H,1H3,(H,15,21). The minimum absolute atomic E-state index is 0.0801. The molecule has 0 spiro atoms. The van der Waals surface area contributed by atoms with Gasteiger partial charge >= 0.3 is 5.00 Å². The van der Waals surface area contributed by atoms with Gasteiger partial charge in [0.1, 0.15) is 5.82 Å². The highest BCUT2D eigenvalue weighted by Gasteiger charge is 2.17. The summed E-state index contributed by atoms with van der Waals surface area (Å²) in [6, 6.07) is 6.54. The molecule has 0 aliphatic heterocycles. The summed E-state index contributed by atoms with van der Waals surface area (Å²) in [5, 5.41) is 23.9. The number of carbonyl (C=O) groups excluding carboxylic acids is 1. The predicted octanol–water partition coefficient (Wildman–Crippen LogP) is 2.33. The Morgan fingerprint density at radius 3 is 2.79 bits per heavy atom. The first kappa shape index (κ1) is 15.7. The van der Waals surface area contributed by atoms with Crippen molar-refractivity contribution < 1.29 is 14.1 Å². The fraction of sp³-hybridized carbons (Fsp3) is 0.0769. The van der Waals surface area contributed by atoms with Gasteiger partial charge in [0.25, 0.3) is 5.91 Å². The summed E-state index contributed by atoms with van der Waals surface area (Å²) in [5.74, 6) is -0.797. The second-order valence-corrected chi connectivity index (χ2v) is 5.71. The van der Waals surface area contributed by atoms with Gasteiger partial charge < -0.3 is 5.32 Å². The fourth-order valence-electron chi connectivity index (χ4n) is 1.94. The van der Waals surface area contributed by atoms with Crippen molar-refractivity contribution in [2.24, 2.45) is 0 Å². The summed E-state index contributed by atoms with van der Waals surface area (Å²) in [7, 11) is 0. The highest BCUT2D eigenvalue weighted by molar-refractivity contribution is 7.17. The minimum atomic E-state index is -0.649. The lowest BCUT2D eigenvalue weighted by molar-refractivity contribution is -0.380. The van der Waals surface area contributed by atoms with Crippen LogP contribution in [-0.4, -0.2) is 31.0 Å². The monoisotopic (exact) mass is 348 g/mol. The number of rotatable bonds is 4. The minimum Gasteiger partial charge on any atom is -0.319 e. The van der Waals surface area contributed by atoms with Gasteiger partial charge in [-0.2, -0.15) is 4.68 Å². The van der Waals surface area contributed by atoms with Crippen LogP contribution in [0.25, 0.3) is 5.69 Å². The van der Waals surface area contributed by atoms with Gasteiger partial charge in [0, 0.05) is 6.07 Å². The van der Waals surface area contributed by atoms with E-state index < -0.39 is 16.6 Å². The van der Waals surface area contributed by atoms with Gasteiger partial charge in [-0.05, 0) is 41.6 Å². The lowest BCUT2D eigenvalue weighted by Crippen LogP contribution is -2.12. The molecule has 0 unspecified atom stereocenters. The van der Waals surface area contributed by atoms with Crippen molar-refractivity contribution in [3.63, 3.8) is 0 Å². The number of nitrogens with zero attached hydrogens (tertiary/aromatic N) is 5. The van der Waals surface area contributed by atoms with Gasteiger partial charge in [0.2, 0.25) is 0 Å². The maximum absolute atomic E-state index is 13.9. The van der Waals surface area contributed by atoms with E-state index in [1.54, 1.807) is 6.92 Å². The number of anilines is 1. The van der Waals surface area contributed by atoms with Crippen LogP contribution in [-0.2, 0) is 0 Å². The number of aryl methyl sites for hydroxylation is 1. The number of benzene rings is 1. The largest absolute Gasteiger partial charge is 0.324 e. The molecule has 0 atom stereocenters. The lowest BCUT2D eigenvalue weighted by atomic mass is 10.2. The zero-order chi connectivity index (χ0) is 17.3. The predicted molar refractivity (Wildman–Crippen MR) is 82.8 cm³/mol. The number of hydrogen-bond acceptors (Lipinski definition) is 7. The lowest BCUT2D eigenvalue weighted by Gasteiger charge is -2.08. The quantitative estimate of drug-likeness (QED) is 0.571. The Labute approximate surface area is 137 Å². The van der Waals surface area contributed by atoms with Crippen LogP contribution >= 0.6 is 11.3 Å². The molecule has 2 aromatic heterocycles. The van der Waals surface area contributed by atoms with E-state index in [0.717, 1.165) is 0 Å². The third kappa shape index (κ3) is 2.96. The van der Waals surface area contributed by atoms with Crippen LogP contribution in [0.5, 0.6) is 0 Å². The first-order chi connectivity index (χ1) is 11.5. The Hall–Kier alpha value is -3.21. The number of nitro groups is 1. The van der Waals surface area contributed by atoms with E-state index >= 15 is 0 Å². The molecular weight excluding hydrogens is 339 g/mol. The highest BCUT2D eigenvalue weighted by atomic mass is 32.1. The molecule has 3 aromatic rings. The average Bonchev–Trinajstić information content (AvgIpc) is 3.18. The van der Waals surface area contributed by atoms with Crippen molar-refractivity contribution in [2.75, 3.05) is 5.32 Å². The first-order valence-corrected chi connectivity index (χ1v) is 7.38. The van der Waals surface area contributed by atoms with Gasteiger partial charge in [-0.1, -0.05) is 11.3 Å². The zero-order valence-corrected chi connectivity index (χ0v) is 13.0. The summed E-state index contributed by atoms with van der Waals surface area (Å²) in [5.41, 5.74) is 0.384. The molecule has 0 radical (unpaired) electrons. The van der Waals surface area contributed by atoms with Crippen molar-refractivity contribution in [2.45, 2.75) is 6.92 Å². The molecule has 0 saturated carbocycles. The van der Waals surface area contributed by atoms with Gasteiger partial charge in [-0.15, -0.1) is 5.10 Å². The van der Waals surface area contributed by atoms with Crippen LogP contribution in [0.3, 0.4) is 0 Å². The number of carbonyl (C=O) groups is 1. The normalized spacial score (nSPS) is 10.6. The molecule has 0 bridgehead atoms. The van der Waals surface area contributed by atoms with E-state index in [2.05, 4.69) is 20.8 Å². The topological polar surface area (TPSA) is 116 Å². The molecule has 9 nitrogen and oxygen atoms in total. The van der Waals surface area contributed by atoms with Crippen molar-refractivity contribution in [1.82, 2.24) is 20.2 Å². The third-order valence-corrected chi connectivity index (χ3v) is 4.10.